The minimum Gasteiger partial charge on any atom is -0.307 e. The maximum atomic E-state index is 10.4. The van der Waals surface area contributed by atoms with Crippen LogP contribution in [0.3, 0.4) is 0 Å². The molecular weight excluding hydrogens is 194 g/mol. The van der Waals surface area contributed by atoms with Crippen molar-refractivity contribution in [1.29, 1.82) is 0 Å². The number of pyridine rings is 1. The molecule has 0 radical (unpaired) electrons. The first-order valence-corrected chi connectivity index (χ1v) is 4.42. The number of imidazole rings is 1. The molecule has 0 aromatic carbocycles. The molecule has 0 bridgehead atoms. The van der Waals surface area contributed by atoms with E-state index >= 15 is 0 Å². The summed E-state index contributed by atoms with van der Waals surface area (Å²) in [5.41, 5.74) is 1.73. The van der Waals surface area contributed by atoms with E-state index in [0.717, 1.165) is 11.2 Å². The Kier molecular flexibility index (Phi) is 2.21. The molecule has 0 atom stereocenters. The maximum absolute atomic E-state index is 10.4. The van der Waals surface area contributed by atoms with Gasteiger partial charge in [0.05, 0.1) is 4.92 Å². The van der Waals surface area contributed by atoms with Gasteiger partial charge in [0.15, 0.2) is 0 Å². The molecule has 2 rings (SSSR count). The van der Waals surface area contributed by atoms with Crippen LogP contribution in [0.25, 0.3) is 11.7 Å². The van der Waals surface area contributed by atoms with Gasteiger partial charge in [-0.2, -0.15) is 0 Å². The summed E-state index contributed by atoms with van der Waals surface area (Å²) >= 11 is 0. The van der Waals surface area contributed by atoms with E-state index in [-0.39, 0.29) is 5.70 Å². The molecule has 0 N–H and O–H groups in total. The van der Waals surface area contributed by atoms with Crippen LogP contribution in [-0.2, 0) is 0 Å². The second kappa shape index (κ2) is 3.53. The Morgan fingerprint density at radius 1 is 1.60 bits per heavy atom. The summed E-state index contributed by atoms with van der Waals surface area (Å²) in [6.07, 6.45) is 6.81. The van der Waals surface area contributed by atoms with Gasteiger partial charge in [0.1, 0.15) is 5.65 Å². The molecule has 5 heteroatoms. The summed E-state index contributed by atoms with van der Waals surface area (Å²) in [6.45, 7) is 1.47. The van der Waals surface area contributed by atoms with E-state index in [9.17, 15) is 10.1 Å². The van der Waals surface area contributed by atoms with Gasteiger partial charge in [-0.1, -0.05) is 0 Å². The van der Waals surface area contributed by atoms with Crippen molar-refractivity contribution in [2.75, 3.05) is 0 Å². The highest BCUT2D eigenvalue weighted by atomic mass is 16.6. The van der Waals surface area contributed by atoms with E-state index in [0.29, 0.717) is 0 Å². The number of rotatable bonds is 2. The van der Waals surface area contributed by atoms with E-state index in [4.69, 9.17) is 0 Å². The van der Waals surface area contributed by atoms with Crippen molar-refractivity contribution in [2.24, 2.45) is 0 Å². The molecule has 2 aromatic rings. The molecule has 2 aromatic heterocycles. The van der Waals surface area contributed by atoms with Crippen LogP contribution >= 0.6 is 0 Å². The van der Waals surface area contributed by atoms with Crippen molar-refractivity contribution >= 4 is 11.7 Å². The Hall–Kier alpha value is -2.17. The lowest BCUT2D eigenvalue weighted by Gasteiger charge is -1.96. The third-order valence-corrected chi connectivity index (χ3v) is 2.08. The lowest BCUT2D eigenvalue weighted by molar-refractivity contribution is -0.422. The Balaban J connectivity index is 2.44. The highest BCUT2D eigenvalue weighted by Crippen LogP contribution is 2.09. The number of aromatic nitrogens is 2. The molecule has 76 valence electrons. The fourth-order valence-electron chi connectivity index (χ4n) is 1.32. The molecule has 15 heavy (non-hydrogen) atoms. The number of fused-ring (bicyclic) bond motifs is 1. The number of hydrogen-bond donors (Lipinski definition) is 0. The van der Waals surface area contributed by atoms with Gasteiger partial charge in [-0.15, -0.1) is 0 Å². The van der Waals surface area contributed by atoms with Crippen LogP contribution in [0.4, 0.5) is 0 Å². The molecule has 0 amide bonds. The standard InChI is InChI=1S/C10H9N3O2/c1-8(13(14)15)6-9-2-3-10-11-4-5-12(10)7-9/h2-7H,1H3/b8-6+. The Labute approximate surface area is 85.8 Å². The van der Waals surface area contributed by atoms with Gasteiger partial charge in [-0.3, -0.25) is 10.1 Å². The van der Waals surface area contributed by atoms with Crippen LogP contribution in [-0.4, -0.2) is 14.3 Å². The lowest BCUT2D eigenvalue weighted by atomic mass is 10.2. The molecule has 0 aliphatic heterocycles. The molecule has 0 aliphatic carbocycles. The zero-order chi connectivity index (χ0) is 10.8. The van der Waals surface area contributed by atoms with E-state index < -0.39 is 4.92 Å². The summed E-state index contributed by atoms with van der Waals surface area (Å²) < 4.78 is 1.82. The van der Waals surface area contributed by atoms with Gasteiger partial charge >= 0.3 is 0 Å². The molecule has 2 heterocycles. The van der Waals surface area contributed by atoms with Crippen LogP contribution in [0.5, 0.6) is 0 Å². The first-order chi connectivity index (χ1) is 7.16. The normalized spacial score (nSPS) is 11.9. The minimum absolute atomic E-state index is 0.120. The van der Waals surface area contributed by atoms with Crippen LogP contribution in [0.2, 0.25) is 0 Å². The second-order valence-electron chi connectivity index (χ2n) is 3.20. The van der Waals surface area contributed by atoms with Gasteiger partial charge in [0.25, 0.3) is 0 Å². The van der Waals surface area contributed by atoms with Gasteiger partial charge in [0.2, 0.25) is 5.70 Å². The SMILES string of the molecule is C/C(=C\c1ccc2nccn2c1)[N+](=O)[O-]. The summed E-state index contributed by atoms with van der Waals surface area (Å²) in [6, 6.07) is 3.62. The highest BCUT2D eigenvalue weighted by Gasteiger charge is 2.02. The first kappa shape index (κ1) is 9.39. The molecule has 0 fully saturated rings. The Morgan fingerprint density at radius 2 is 2.40 bits per heavy atom. The molecule has 0 spiro atoms. The Bertz CT molecular complexity index is 542. The fraction of sp³-hybridized carbons (Fsp3) is 0.100. The van der Waals surface area contributed by atoms with Gasteiger partial charge < -0.3 is 4.40 Å². The molecule has 0 unspecified atom stereocenters. The van der Waals surface area contributed by atoms with Crippen LogP contribution < -0.4 is 0 Å². The van der Waals surface area contributed by atoms with Crippen molar-refractivity contribution in [3.05, 3.63) is 52.1 Å². The number of nitrogens with zero attached hydrogens (tertiary/aromatic N) is 3. The number of nitro groups is 1. The van der Waals surface area contributed by atoms with E-state index in [1.165, 1.54) is 13.0 Å². The average molecular weight is 203 g/mol. The zero-order valence-electron chi connectivity index (χ0n) is 8.12. The van der Waals surface area contributed by atoms with E-state index in [1.54, 1.807) is 24.7 Å². The number of allylic oxidation sites excluding steroid dienone is 1. The van der Waals surface area contributed by atoms with Crippen LogP contribution in [0.15, 0.2) is 36.4 Å². The predicted molar refractivity (Wildman–Crippen MR) is 55.8 cm³/mol. The molecule has 0 saturated carbocycles. The second-order valence-corrected chi connectivity index (χ2v) is 3.20. The molecule has 5 nitrogen and oxygen atoms in total. The predicted octanol–water partition coefficient (Wildman–Crippen LogP) is 1.97. The fourth-order valence-corrected chi connectivity index (χ4v) is 1.32. The van der Waals surface area contributed by atoms with E-state index in [1.807, 2.05) is 10.5 Å². The van der Waals surface area contributed by atoms with Crippen molar-refractivity contribution in [3.8, 4) is 0 Å². The van der Waals surface area contributed by atoms with Gasteiger partial charge in [-0.05, 0) is 17.7 Å². The van der Waals surface area contributed by atoms with Crippen molar-refractivity contribution < 1.29 is 4.92 Å². The number of hydrogen-bond acceptors (Lipinski definition) is 3. The summed E-state index contributed by atoms with van der Waals surface area (Å²) in [5, 5.41) is 10.4. The summed E-state index contributed by atoms with van der Waals surface area (Å²) in [5.74, 6) is 0. The smallest absolute Gasteiger partial charge is 0.243 e. The summed E-state index contributed by atoms with van der Waals surface area (Å²) in [7, 11) is 0. The van der Waals surface area contributed by atoms with Gasteiger partial charge in [0, 0.05) is 31.6 Å². The molecule has 0 saturated heterocycles. The average Bonchev–Trinajstić information content (AvgIpc) is 2.64. The van der Waals surface area contributed by atoms with Crippen molar-refractivity contribution in [2.45, 2.75) is 6.92 Å². The monoisotopic (exact) mass is 203 g/mol. The van der Waals surface area contributed by atoms with Crippen LogP contribution in [0, 0.1) is 10.1 Å². The highest BCUT2D eigenvalue weighted by molar-refractivity contribution is 5.53. The maximum Gasteiger partial charge on any atom is 0.243 e. The third-order valence-electron chi connectivity index (χ3n) is 2.08. The quantitative estimate of drug-likeness (QED) is 0.553. The summed E-state index contributed by atoms with van der Waals surface area (Å²) in [4.78, 5) is 14.1. The van der Waals surface area contributed by atoms with Crippen LogP contribution in [0.1, 0.15) is 12.5 Å². The topological polar surface area (TPSA) is 60.4 Å². The lowest BCUT2D eigenvalue weighted by Crippen LogP contribution is -1.93. The molecule has 0 aliphatic rings. The zero-order valence-corrected chi connectivity index (χ0v) is 8.12. The van der Waals surface area contributed by atoms with Crippen molar-refractivity contribution in [1.82, 2.24) is 9.38 Å². The first-order valence-electron chi connectivity index (χ1n) is 4.42. The Morgan fingerprint density at radius 3 is 3.13 bits per heavy atom. The van der Waals surface area contributed by atoms with Gasteiger partial charge in [-0.25, -0.2) is 4.98 Å². The largest absolute Gasteiger partial charge is 0.307 e. The van der Waals surface area contributed by atoms with E-state index in [2.05, 4.69) is 4.98 Å². The molecular formula is C10H9N3O2. The third kappa shape index (κ3) is 1.85. The minimum atomic E-state index is -0.405. The van der Waals surface area contributed by atoms with Crippen molar-refractivity contribution in [3.63, 3.8) is 0 Å².